The van der Waals surface area contributed by atoms with Gasteiger partial charge in [0.25, 0.3) is 0 Å². The summed E-state index contributed by atoms with van der Waals surface area (Å²) in [6.45, 7) is 5.76. The summed E-state index contributed by atoms with van der Waals surface area (Å²) in [6.07, 6.45) is 5.17. The van der Waals surface area contributed by atoms with Gasteiger partial charge in [-0.1, -0.05) is 6.08 Å². The molecule has 1 aliphatic heterocycles. The van der Waals surface area contributed by atoms with E-state index >= 15 is 0 Å². The molecule has 2 nitrogen and oxygen atoms in total. The third kappa shape index (κ3) is 1.82. The largest absolute Gasteiger partial charge is 0.324 e. The first-order valence-corrected chi connectivity index (χ1v) is 3.87. The van der Waals surface area contributed by atoms with Gasteiger partial charge in [-0.25, -0.2) is 0 Å². The molecule has 0 radical (unpaired) electrons. The van der Waals surface area contributed by atoms with Crippen LogP contribution in [0.25, 0.3) is 0 Å². The quantitative estimate of drug-likeness (QED) is 0.552. The van der Waals surface area contributed by atoms with Gasteiger partial charge in [-0.3, -0.25) is 0 Å². The average Bonchev–Trinajstić information content (AvgIpc) is 1.89. The second kappa shape index (κ2) is 3.17. The van der Waals surface area contributed by atoms with Crippen molar-refractivity contribution in [2.45, 2.75) is 24.8 Å². The van der Waals surface area contributed by atoms with Crippen molar-refractivity contribution in [3.63, 3.8) is 0 Å². The molecule has 1 fully saturated rings. The Morgan fingerprint density at radius 3 is 3.00 bits per heavy atom. The predicted molar refractivity (Wildman–Crippen MR) is 43.8 cm³/mol. The van der Waals surface area contributed by atoms with E-state index in [0.717, 1.165) is 25.9 Å². The number of nitrogens with two attached hydrogens (primary N) is 1. The smallest absolute Gasteiger partial charge is 0.0316 e. The summed E-state index contributed by atoms with van der Waals surface area (Å²) in [7, 11) is 0. The van der Waals surface area contributed by atoms with Crippen LogP contribution in [-0.2, 0) is 0 Å². The summed E-state index contributed by atoms with van der Waals surface area (Å²) in [5.74, 6) is 0. The van der Waals surface area contributed by atoms with Gasteiger partial charge in [0, 0.05) is 12.1 Å². The number of nitrogens with one attached hydrogen (secondary N) is 1. The molecule has 0 aliphatic carbocycles. The van der Waals surface area contributed by atoms with Crippen molar-refractivity contribution in [3.05, 3.63) is 12.7 Å². The van der Waals surface area contributed by atoms with Gasteiger partial charge in [0.1, 0.15) is 0 Å². The Labute approximate surface area is 62.5 Å². The van der Waals surface area contributed by atoms with Gasteiger partial charge >= 0.3 is 0 Å². The van der Waals surface area contributed by atoms with Crippen LogP contribution in [0.2, 0.25) is 0 Å². The highest BCUT2D eigenvalue weighted by atomic mass is 14.9. The van der Waals surface area contributed by atoms with Crippen LogP contribution in [0.1, 0.15) is 19.3 Å². The standard InChI is InChI=1S/C8H16N2/c1-2-4-8(9)5-3-6-10-7-8/h2,10H,1,3-7,9H2. The molecule has 58 valence electrons. The van der Waals surface area contributed by atoms with E-state index in [1.165, 1.54) is 6.42 Å². The molecule has 1 heterocycles. The second-order valence-electron chi connectivity index (χ2n) is 3.14. The van der Waals surface area contributed by atoms with Crippen molar-refractivity contribution in [3.8, 4) is 0 Å². The highest BCUT2D eigenvalue weighted by molar-refractivity contribution is 4.94. The van der Waals surface area contributed by atoms with E-state index in [1.807, 2.05) is 6.08 Å². The van der Waals surface area contributed by atoms with Crippen LogP contribution in [0, 0.1) is 0 Å². The van der Waals surface area contributed by atoms with Gasteiger partial charge in [-0.05, 0) is 25.8 Å². The lowest BCUT2D eigenvalue weighted by Gasteiger charge is -2.32. The Kier molecular flexibility index (Phi) is 2.46. The van der Waals surface area contributed by atoms with Crippen LogP contribution in [0.4, 0.5) is 0 Å². The lowest BCUT2D eigenvalue weighted by molar-refractivity contribution is 0.318. The van der Waals surface area contributed by atoms with Crippen LogP contribution in [0.5, 0.6) is 0 Å². The monoisotopic (exact) mass is 140 g/mol. The van der Waals surface area contributed by atoms with Crippen LogP contribution >= 0.6 is 0 Å². The second-order valence-corrected chi connectivity index (χ2v) is 3.14. The summed E-state index contributed by atoms with van der Waals surface area (Å²) in [6, 6.07) is 0. The predicted octanol–water partition coefficient (Wildman–Crippen LogP) is 0.643. The summed E-state index contributed by atoms with van der Waals surface area (Å²) in [5.41, 5.74) is 6.04. The molecular formula is C8H16N2. The summed E-state index contributed by atoms with van der Waals surface area (Å²) in [5, 5.41) is 3.29. The molecule has 0 bridgehead atoms. The minimum Gasteiger partial charge on any atom is -0.324 e. The first kappa shape index (κ1) is 7.76. The molecule has 2 heteroatoms. The number of hydrogen-bond donors (Lipinski definition) is 2. The number of piperidine rings is 1. The van der Waals surface area contributed by atoms with E-state index < -0.39 is 0 Å². The highest BCUT2D eigenvalue weighted by Crippen LogP contribution is 2.16. The fraction of sp³-hybridized carbons (Fsp3) is 0.750. The molecule has 0 aromatic heterocycles. The first-order chi connectivity index (χ1) is 4.77. The molecule has 1 aliphatic rings. The third-order valence-corrected chi connectivity index (χ3v) is 2.06. The molecular weight excluding hydrogens is 124 g/mol. The zero-order chi connectivity index (χ0) is 7.45. The Bertz CT molecular complexity index is 114. The number of rotatable bonds is 2. The Hall–Kier alpha value is -0.340. The number of hydrogen-bond acceptors (Lipinski definition) is 2. The minimum absolute atomic E-state index is 0.000000000000000222. The van der Waals surface area contributed by atoms with E-state index in [2.05, 4.69) is 11.9 Å². The lowest BCUT2D eigenvalue weighted by Crippen LogP contribution is -2.52. The molecule has 1 rings (SSSR count). The van der Waals surface area contributed by atoms with E-state index in [4.69, 9.17) is 5.73 Å². The first-order valence-electron chi connectivity index (χ1n) is 3.87. The maximum Gasteiger partial charge on any atom is 0.0316 e. The van der Waals surface area contributed by atoms with Crippen molar-refractivity contribution >= 4 is 0 Å². The fourth-order valence-corrected chi connectivity index (χ4v) is 1.45. The van der Waals surface area contributed by atoms with Crippen LogP contribution < -0.4 is 11.1 Å². The van der Waals surface area contributed by atoms with E-state index in [-0.39, 0.29) is 5.54 Å². The molecule has 10 heavy (non-hydrogen) atoms. The van der Waals surface area contributed by atoms with Crippen LogP contribution in [0.3, 0.4) is 0 Å². The van der Waals surface area contributed by atoms with Crippen molar-refractivity contribution < 1.29 is 0 Å². The van der Waals surface area contributed by atoms with Crippen molar-refractivity contribution in [2.75, 3.05) is 13.1 Å². The summed E-state index contributed by atoms with van der Waals surface area (Å²) in [4.78, 5) is 0. The summed E-state index contributed by atoms with van der Waals surface area (Å²) < 4.78 is 0. The average molecular weight is 140 g/mol. The Morgan fingerprint density at radius 2 is 2.50 bits per heavy atom. The van der Waals surface area contributed by atoms with Gasteiger partial charge in [0.2, 0.25) is 0 Å². The van der Waals surface area contributed by atoms with Crippen LogP contribution in [-0.4, -0.2) is 18.6 Å². The van der Waals surface area contributed by atoms with Crippen LogP contribution in [0.15, 0.2) is 12.7 Å². The molecule has 0 aromatic rings. The van der Waals surface area contributed by atoms with Gasteiger partial charge in [0.15, 0.2) is 0 Å². The molecule has 1 unspecified atom stereocenters. The normalized spacial score (nSPS) is 33.7. The fourth-order valence-electron chi connectivity index (χ4n) is 1.45. The Morgan fingerprint density at radius 1 is 1.70 bits per heavy atom. The summed E-state index contributed by atoms with van der Waals surface area (Å²) >= 11 is 0. The topological polar surface area (TPSA) is 38.0 Å². The molecule has 1 atom stereocenters. The molecule has 0 saturated carbocycles. The van der Waals surface area contributed by atoms with Gasteiger partial charge < -0.3 is 11.1 Å². The SMILES string of the molecule is C=CCC1(N)CCCNC1. The molecule has 0 aromatic carbocycles. The molecule has 1 saturated heterocycles. The van der Waals surface area contributed by atoms with E-state index in [9.17, 15) is 0 Å². The zero-order valence-corrected chi connectivity index (χ0v) is 6.40. The molecule has 0 amide bonds. The third-order valence-electron chi connectivity index (χ3n) is 2.06. The molecule has 0 spiro atoms. The lowest BCUT2D eigenvalue weighted by atomic mass is 9.88. The van der Waals surface area contributed by atoms with Gasteiger partial charge in [0.05, 0.1) is 0 Å². The van der Waals surface area contributed by atoms with E-state index in [0.29, 0.717) is 0 Å². The zero-order valence-electron chi connectivity index (χ0n) is 6.40. The minimum atomic E-state index is 0.000000000000000222. The van der Waals surface area contributed by atoms with Gasteiger partial charge in [-0.15, -0.1) is 6.58 Å². The van der Waals surface area contributed by atoms with Crippen molar-refractivity contribution in [1.82, 2.24) is 5.32 Å². The highest BCUT2D eigenvalue weighted by Gasteiger charge is 2.24. The molecule has 3 N–H and O–H groups in total. The maximum atomic E-state index is 6.04. The van der Waals surface area contributed by atoms with Crippen molar-refractivity contribution in [2.24, 2.45) is 5.73 Å². The van der Waals surface area contributed by atoms with Gasteiger partial charge in [-0.2, -0.15) is 0 Å². The maximum absolute atomic E-state index is 6.04. The van der Waals surface area contributed by atoms with E-state index in [1.54, 1.807) is 0 Å². The Balaban J connectivity index is 2.39. The van der Waals surface area contributed by atoms with Crippen molar-refractivity contribution in [1.29, 1.82) is 0 Å².